The van der Waals surface area contributed by atoms with Crippen molar-refractivity contribution < 1.29 is 4.74 Å². The second-order valence-electron chi connectivity index (χ2n) is 3.24. The summed E-state index contributed by atoms with van der Waals surface area (Å²) in [5.74, 6) is 1.08. The molecular weight excluding hydrogens is 194 g/mol. The van der Waals surface area contributed by atoms with Crippen LogP contribution in [0.4, 0.5) is 11.6 Å². The highest BCUT2D eigenvalue weighted by atomic mass is 16.5. The number of nitrogen functional groups attached to an aromatic ring is 1. The molecule has 1 aliphatic rings. The molecule has 0 amide bonds. The molecule has 1 aromatic rings. The van der Waals surface area contributed by atoms with Gasteiger partial charge in [0.15, 0.2) is 6.10 Å². The predicted octanol–water partition coefficient (Wildman–Crippen LogP) is -0.212. The van der Waals surface area contributed by atoms with Crippen molar-refractivity contribution in [2.45, 2.75) is 6.10 Å². The zero-order valence-electron chi connectivity index (χ0n) is 8.13. The zero-order valence-corrected chi connectivity index (χ0v) is 8.13. The van der Waals surface area contributed by atoms with Crippen molar-refractivity contribution >= 4 is 11.6 Å². The molecule has 1 aliphatic heterocycles. The molecule has 1 fully saturated rings. The summed E-state index contributed by atoms with van der Waals surface area (Å²) in [6.45, 7) is 1.74. The van der Waals surface area contributed by atoms with Gasteiger partial charge in [0.05, 0.1) is 31.6 Å². The van der Waals surface area contributed by atoms with Crippen LogP contribution >= 0.6 is 0 Å². The van der Waals surface area contributed by atoms with Crippen LogP contribution in [-0.4, -0.2) is 35.8 Å². The number of hydrogen-bond acceptors (Lipinski definition) is 6. The molecule has 0 bridgehead atoms. The Hall–Kier alpha value is -1.87. The maximum atomic E-state index is 8.75. The number of aromatic nitrogens is 2. The Kier molecular flexibility index (Phi) is 2.65. The minimum Gasteiger partial charge on any atom is -0.382 e. The fourth-order valence-corrected chi connectivity index (χ4v) is 1.46. The molecule has 1 aromatic heterocycles. The molecule has 0 saturated carbocycles. The SMILES string of the molecule is N#CC1CN(c2cncc(N)n2)CCO1. The summed E-state index contributed by atoms with van der Waals surface area (Å²) in [5, 5.41) is 8.75. The van der Waals surface area contributed by atoms with E-state index in [2.05, 4.69) is 16.0 Å². The summed E-state index contributed by atoms with van der Waals surface area (Å²) in [4.78, 5) is 10.0. The largest absolute Gasteiger partial charge is 0.382 e. The van der Waals surface area contributed by atoms with Crippen LogP contribution in [0.2, 0.25) is 0 Å². The lowest BCUT2D eigenvalue weighted by Crippen LogP contribution is -2.42. The van der Waals surface area contributed by atoms with Crippen LogP contribution in [0.25, 0.3) is 0 Å². The van der Waals surface area contributed by atoms with E-state index in [9.17, 15) is 0 Å². The standard InChI is InChI=1S/C9H11N5O/c10-3-7-6-14(1-2-15-7)9-5-12-4-8(11)13-9/h4-5,7H,1-2,6H2,(H2,11,13). The van der Waals surface area contributed by atoms with Gasteiger partial charge < -0.3 is 15.4 Å². The van der Waals surface area contributed by atoms with Crippen molar-refractivity contribution in [2.75, 3.05) is 30.3 Å². The van der Waals surface area contributed by atoms with E-state index in [1.54, 1.807) is 6.20 Å². The Morgan fingerprint density at radius 1 is 1.60 bits per heavy atom. The lowest BCUT2D eigenvalue weighted by molar-refractivity contribution is 0.0761. The van der Waals surface area contributed by atoms with Crippen molar-refractivity contribution in [3.05, 3.63) is 12.4 Å². The first-order chi connectivity index (χ1) is 7.29. The van der Waals surface area contributed by atoms with Gasteiger partial charge in [-0.15, -0.1) is 0 Å². The summed E-state index contributed by atoms with van der Waals surface area (Å²) in [5.41, 5.74) is 5.54. The van der Waals surface area contributed by atoms with E-state index >= 15 is 0 Å². The first kappa shape index (κ1) is 9.68. The number of nitriles is 1. The quantitative estimate of drug-likeness (QED) is 0.682. The van der Waals surface area contributed by atoms with E-state index in [0.29, 0.717) is 31.3 Å². The Morgan fingerprint density at radius 3 is 3.20 bits per heavy atom. The van der Waals surface area contributed by atoms with E-state index in [1.807, 2.05) is 4.90 Å². The Labute approximate surface area is 87.3 Å². The maximum Gasteiger partial charge on any atom is 0.161 e. The number of anilines is 2. The third kappa shape index (κ3) is 2.14. The van der Waals surface area contributed by atoms with Crippen LogP contribution in [-0.2, 0) is 4.74 Å². The molecule has 1 unspecified atom stereocenters. The van der Waals surface area contributed by atoms with Crippen LogP contribution in [0.5, 0.6) is 0 Å². The molecule has 2 rings (SSSR count). The summed E-state index contributed by atoms with van der Waals surface area (Å²) in [6.07, 6.45) is 2.73. The maximum absolute atomic E-state index is 8.75. The van der Waals surface area contributed by atoms with Gasteiger partial charge in [0, 0.05) is 6.54 Å². The Balaban J connectivity index is 2.14. The molecule has 15 heavy (non-hydrogen) atoms. The normalized spacial score (nSPS) is 21.0. The number of morpholine rings is 1. The van der Waals surface area contributed by atoms with Crippen LogP contribution in [0, 0.1) is 11.3 Å². The van der Waals surface area contributed by atoms with Crippen molar-refractivity contribution in [3.8, 4) is 6.07 Å². The fraction of sp³-hybridized carbons (Fsp3) is 0.444. The third-order valence-electron chi connectivity index (χ3n) is 2.17. The highest BCUT2D eigenvalue weighted by molar-refractivity contribution is 5.42. The van der Waals surface area contributed by atoms with Crippen LogP contribution < -0.4 is 10.6 Å². The average molecular weight is 205 g/mol. The van der Waals surface area contributed by atoms with Gasteiger partial charge in [-0.3, -0.25) is 4.98 Å². The number of ether oxygens (including phenoxy) is 1. The Bertz CT molecular complexity index is 388. The zero-order chi connectivity index (χ0) is 10.7. The molecule has 2 heterocycles. The van der Waals surface area contributed by atoms with Gasteiger partial charge in [-0.1, -0.05) is 0 Å². The molecule has 6 heteroatoms. The number of nitrogens with two attached hydrogens (primary N) is 1. The van der Waals surface area contributed by atoms with Gasteiger partial charge in [0.1, 0.15) is 11.6 Å². The highest BCUT2D eigenvalue weighted by Crippen LogP contribution is 2.14. The minimum atomic E-state index is -0.401. The first-order valence-electron chi connectivity index (χ1n) is 4.63. The molecule has 0 radical (unpaired) electrons. The molecule has 78 valence electrons. The molecule has 0 aliphatic carbocycles. The molecular formula is C9H11N5O. The topological polar surface area (TPSA) is 88.1 Å². The molecule has 1 atom stereocenters. The summed E-state index contributed by atoms with van der Waals surface area (Å²) in [7, 11) is 0. The summed E-state index contributed by atoms with van der Waals surface area (Å²) >= 11 is 0. The number of nitrogens with zero attached hydrogens (tertiary/aromatic N) is 4. The highest BCUT2D eigenvalue weighted by Gasteiger charge is 2.21. The molecule has 1 saturated heterocycles. The van der Waals surface area contributed by atoms with Gasteiger partial charge in [-0.05, 0) is 0 Å². The molecule has 2 N–H and O–H groups in total. The van der Waals surface area contributed by atoms with Crippen LogP contribution in [0.1, 0.15) is 0 Å². The van der Waals surface area contributed by atoms with E-state index in [4.69, 9.17) is 15.7 Å². The summed E-state index contributed by atoms with van der Waals surface area (Å²) < 4.78 is 5.23. The van der Waals surface area contributed by atoms with Gasteiger partial charge >= 0.3 is 0 Å². The predicted molar refractivity (Wildman–Crippen MR) is 54.0 cm³/mol. The molecule has 0 aromatic carbocycles. The lowest BCUT2D eigenvalue weighted by atomic mass is 10.3. The van der Waals surface area contributed by atoms with E-state index < -0.39 is 6.10 Å². The number of hydrogen-bond donors (Lipinski definition) is 1. The second-order valence-corrected chi connectivity index (χ2v) is 3.24. The first-order valence-corrected chi connectivity index (χ1v) is 4.63. The number of rotatable bonds is 1. The monoisotopic (exact) mass is 205 g/mol. The second kappa shape index (κ2) is 4.11. The average Bonchev–Trinajstić information content (AvgIpc) is 2.29. The van der Waals surface area contributed by atoms with E-state index in [0.717, 1.165) is 0 Å². The van der Waals surface area contributed by atoms with Gasteiger partial charge in [-0.2, -0.15) is 5.26 Å². The molecule has 0 spiro atoms. The van der Waals surface area contributed by atoms with Crippen molar-refractivity contribution in [2.24, 2.45) is 0 Å². The fourth-order valence-electron chi connectivity index (χ4n) is 1.46. The van der Waals surface area contributed by atoms with E-state index in [-0.39, 0.29) is 0 Å². The van der Waals surface area contributed by atoms with E-state index in [1.165, 1.54) is 6.20 Å². The summed E-state index contributed by atoms with van der Waals surface area (Å²) in [6, 6.07) is 2.07. The van der Waals surface area contributed by atoms with Crippen molar-refractivity contribution in [3.63, 3.8) is 0 Å². The van der Waals surface area contributed by atoms with Gasteiger partial charge in [-0.25, -0.2) is 4.98 Å². The van der Waals surface area contributed by atoms with Gasteiger partial charge in [0.25, 0.3) is 0 Å². The third-order valence-corrected chi connectivity index (χ3v) is 2.17. The van der Waals surface area contributed by atoms with Crippen molar-refractivity contribution in [1.82, 2.24) is 9.97 Å². The Morgan fingerprint density at radius 2 is 2.47 bits per heavy atom. The van der Waals surface area contributed by atoms with Crippen LogP contribution in [0.3, 0.4) is 0 Å². The minimum absolute atomic E-state index is 0.382. The lowest BCUT2D eigenvalue weighted by Gasteiger charge is -2.30. The smallest absolute Gasteiger partial charge is 0.161 e. The molecule has 6 nitrogen and oxygen atoms in total. The van der Waals surface area contributed by atoms with Gasteiger partial charge in [0.2, 0.25) is 0 Å². The van der Waals surface area contributed by atoms with Crippen molar-refractivity contribution in [1.29, 1.82) is 5.26 Å². The van der Waals surface area contributed by atoms with Crippen LogP contribution in [0.15, 0.2) is 12.4 Å².